The number of rotatable bonds is 10. The fourth-order valence-electron chi connectivity index (χ4n) is 6.24. The zero-order valence-corrected chi connectivity index (χ0v) is 30.4. The molecule has 1 N–H and O–H groups in total. The zero-order chi connectivity index (χ0) is 40.1. The Morgan fingerprint density at radius 1 is 0.632 bits per heavy atom. The van der Waals surface area contributed by atoms with Crippen molar-refractivity contribution in [2.24, 2.45) is 0 Å². The topological polar surface area (TPSA) is 174 Å². The Bertz CT molecular complexity index is 2460. The molecule has 1 saturated heterocycles. The predicted molar refractivity (Wildman–Crippen MR) is 203 cm³/mol. The second-order valence-electron chi connectivity index (χ2n) is 12.9. The van der Waals surface area contributed by atoms with Gasteiger partial charge in [0.15, 0.2) is 17.6 Å². The Balaban J connectivity index is 1.22. The summed E-state index contributed by atoms with van der Waals surface area (Å²) in [5, 5.41) is 10.2. The molecule has 2 heterocycles. The van der Waals surface area contributed by atoms with Crippen molar-refractivity contribution in [2.45, 2.75) is 44.6 Å². The van der Waals surface area contributed by atoms with Crippen molar-refractivity contribution >= 4 is 34.8 Å². The summed E-state index contributed by atoms with van der Waals surface area (Å²) >= 11 is 0. The van der Waals surface area contributed by atoms with Crippen LogP contribution in [0.5, 0.6) is 17.2 Å². The highest BCUT2D eigenvalue weighted by Gasteiger charge is 2.52. The van der Waals surface area contributed by atoms with Gasteiger partial charge < -0.3 is 37.9 Å². The smallest absolute Gasteiger partial charge is 0.338 e. The minimum absolute atomic E-state index is 0.0136. The van der Waals surface area contributed by atoms with Crippen LogP contribution >= 0.6 is 0 Å². The number of phenolic OH excluding ortho intramolecular Hbond substituents is 1. The Kier molecular flexibility index (Phi) is 11.1. The first-order valence-electron chi connectivity index (χ1n) is 17.7. The highest BCUT2D eigenvalue weighted by atomic mass is 16.7. The Labute approximate surface area is 324 Å². The van der Waals surface area contributed by atoms with Crippen LogP contribution in [-0.2, 0) is 23.7 Å². The number of hydrogen-bond acceptors (Lipinski definition) is 13. The van der Waals surface area contributed by atoms with Crippen molar-refractivity contribution < 1.29 is 57.1 Å². The van der Waals surface area contributed by atoms with Gasteiger partial charge in [0.1, 0.15) is 34.0 Å². The molecule has 0 amide bonds. The van der Waals surface area contributed by atoms with Crippen LogP contribution in [0.2, 0.25) is 0 Å². The molecule has 0 bridgehead atoms. The van der Waals surface area contributed by atoms with Crippen LogP contribution in [0.3, 0.4) is 0 Å². The van der Waals surface area contributed by atoms with Gasteiger partial charge in [-0.15, -0.1) is 0 Å². The molecule has 5 atom stereocenters. The summed E-state index contributed by atoms with van der Waals surface area (Å²) in [6.07, 6.45) is -6.53. The number of carbonyl (C=O) groups excluding carboxylic acids is 4. The number of esters is 4. The van der Waals surface area contributed by atoms with Gasteiger partial charge >= 0.3 is 23.9 Å². The highest BCUT2D eigenvalue weighted by molar-refractivity contribution is 5.91. The molecule has 7 rings (SSSR count). The number of phenols is 1. The van der Waals surface area contributed by atoms with E-state index in [1.807, 2.05) is 0 Å². The average molecular weight is 771 g/mol. The third-order valence-electron chi connectivity index (χ3n) is 8.91. The maximum absolute atomic E-state index is 13.6. The molecule has 1 aliphatic rings. The molecule has 13 heteroatoms. The molecule has 0 unspecified atom stereocenters. The number of fused-ring (bicyclic) bond motifs is 1. The van der Waals surface area contributed by atoms with Crippen molar-refractivity contribution in [3.8, 4) is 28.6 Å². The van der Waals surface area contributed by atoms with Gasteiger partial charge in [-0.3, -0.25) is 9.59 Å². The van der Waals surface area contributed by atoms with Crippen molar-refractivity contribution in [3.05, 3.63) is 160 Å². The summed E-state index contributed by atoms with van der Waals surface area (Å²) in [5.41, 5.74) is 0.526. The van der Waals surface area contributed by atoms with Crippen LogP contribution < -0.4 is 14.9 Å². The first kappa shape index (κ1) is 38.0. The van der Waals surface area contributed by atoms with Gasteiger partial charge in [-0.1, -0.05) is 54.6 Å². The maximum Gasteiger partial charge on any atom is 0.338 e. The van der Waals surface area contributed by atoms with Crippen molar-refractivity contribution in [3.63, 3.8) is 0 Å². The van der Waals surface area contributed by atoms with E-state index in [1.54, 1.807) is 122 Å². The van der Waals surface area contributed by atoms with E-state index in [4.69, 9.17) is 32.8 Å². The Morgan fingerprint density at radius 2 is 1.14 bits per heavy atom. The van der Waals surface area contributed by atoms with E-state index >= 15 is 0 Å². The number of carbonyl (C=O) groups is 4. The third-order valence-corrected chi connectivity index (χ3v) is 8.91. The normalized spacial score (nSPS) is 18.9. The molecular formula is C44H34O13. The van der Waals surface area contributed by atoms with E-state index in [2.05, 4.69) is 0 Å². The van der Waals surface area contributed by atoms with Crippen molar-refractivity contribution in [1.82, 2.24) is 0 Å². The molecule has 0 saturated carbocycles. The molecule has 57 heavy (non-hydrogen) atoms. The van der Waals surface area contributed by atoms with Crippen LogP contribution in [0.1, 0.15) is 44.9 Å². The number of aromatic hydroxyl groups is 1. The molecule has 1 fully saturated rings. The molecule has 0 spiro atoms. The largest absolute Gasteiger partial charge is 0.508 e. The van der Waals surface area contributed by atoms with E-state index in [-0.39, 0.29) is 50.7 Å². The van der Waals surface area contributed by atoms with E-state index in [1.165, 1.54) is 19.1 Å². The lowest BCUT2D eigenvalue weighted by atomic mass is 9.98. The summed E-state index contributed by atoms with van der Waals surface area (Å²) in [7, 11) is 0. The van der Waals surface area contributed by atoms with Crippen molar-refractivity contribution in [2.75, 3.05) is 0 Å². The van der Waals surface area contributed by atoms with Crippen LogP contribution in [0.15, 0.2) is 143 Å². The van der Waals surface area contributed by atoms with E-state index < -0.39 is 60.0 Å². The number of ether oxygens (including phenoxy) is 6. The lowest BCUT2D eigenvalue weighted by Gasteiger charge is -2.43. The van der Waals surface area contributed by atoms with Gasteiger partial charge in [-0.2, -0.15) is 0 Å². The zero-order valence-electron chi connectivity index (χ0n) is 30.4. The van der Waals surface area contributed by atoms with Crippen LogP contribution in [-0.4, -0.2) is 59.7 Å². The molecule has 288 valence electrons. The maximum atomic E-state index is 13.6. The lowest BCUT2D eigenvalue weighted by Crippen LogP contribution is -2.62. The average Bonchev–Trinajstić information content (AvgIpc) is 3.21. The van der Waals surface area contributed by atoms with Gasteiger partial charge in [-0.25, -0.2) is 14.4 Å². The molecule has 0 radical (unpaired) electrons. The highest BCUT2D eigenvalue weighted by Crippen LogP contribution is 2.34. The van der Waals surface area contributed by atoms with Gasteiger partial charge in [0.05, 0.1) is 22.8 Å². The first-order valence-corrected chi connectivity index (χ1v) is 17.7. The fraction of sp³-hybridized carbons (Fsp3) is 0.159. The van der Waals surface area contributed by atoms with E-state index in [0.717, 1.165) is 6.07 Å². The van der Waals surface area contributed by atoms with Crippen LogP contribution in [0.4, 0.5) is 0 Å². The van der Waals surface area contributed by atoms with Crippen LogP contribution in [0, 0.1) is 0 Å². The second-order valence-corrected chi connectivity index (χ2v) is 12.9. The summed E-state index contributed by atoms with van der Waals surface area (Å²) in [4.78, 5) is 65.4. The molecule has 1 aliphatic heterocycles. The Morgan fingerprint density at radius 3 is 1.67 bits per heavy atom. The fourth-order valence-corrected chi connectivity index (χ4v) is 6.24. The van der Waals surface area contributed by atoms with Gasteiger partial charge in [-0.05, 0) is 67.6 Å². The molecule has 1 aromatic heterocycles. The minimum Gasteiger partial charge on any atom is -0.508 e. The third kappa shape index (κ3) is 8.69. The van der Waals surface area contributed by atoms with E-state index in [9.17, 15) is 29.1 Å². The van der Waals surface area contributed by atoms with E-state index in [0.29, 0.717) is 5.56 Å². The monoisotopic (exact) mass is 770 g/mol. The Hall–Kier alpha value is -7.25. The molecule has 0 aliphatic carbocycles. The molecule has 5 aromatic carbocycles. The van der Waals surface area contributed by atoms with Gasteiger partial charge in [0.2, 0.25) is 12.4 Å². The molecule has 13 nitrogen and oxygen atoms in total. The van der Waals surface area contributed by atoms with Gasteiger partial charge in [0, 0.05) is 30.7 Å². The summed E-state index contributed by atoms with van der Waals surface area (Å²) in [5.74, 6) is -3.05. The molecule has 6 aromatic rings. The standard InChI is InChI=1S/C44H34O13/c1-25-38(55-41(48)28-12-6-3-7-13-28)39(56-42(49)29-14-8-4-9-15-29)40(57-43(50)30-16-10-5-11-17-30)44(51-25)53-32-20-18-27(19-21-32)34-24-33(47)37-35(52-26(2)45)22-31(46)23-36(37)54-34/h3-25,38-40,44,46H,1-2H3/t25-,38-,39+,40+,44-/m1/s1. The minimum atomic E-state index is -1.48. The predicted octanol–water partition coefficient (Wildman–Crippen LogP) is 6.89. The second kappa shape index (κ2) is 16.6. The summed E-state index contributed by atoms with van der Waals surface area (Å²) in [6, 6.07) is 34.4. The quantitative estimate of drug-likeness (QED) is 0.0867. The first-order chi connectivity index (χ1) is 27.5. The summed E-state index contributed by atoms with van der Waals surface area (Å²) in [6.45, 7) is 2.77. The number of benzene rings is 5. The van der Waals surface area contributed by atoms with Gasteiger partial charge in [0.25, 0.3) is 0 Å². The van der Waals surface area contributed by atoms with Crippen LogP contribution in [0.25, 0.3) is 22.3 Å². The van der Waals surface area contributed by atoms with Crippen molar-refractivity contribution in [1.29, 1.82) is 0 Å². The number of hydrogen-bond donors (Lipinski definition) is 1. The molecular weight excluding hydrogens is 736 g/mol. The summed E-state index contributed by atoms with van der Waals surface area (Å²) < 4.78 is 41.6. The lowest BCUT2D eigenvalue weighted by molar-refractivity contribution is -0.266. The SMILES string of the molecule is CC(=O)Oc1cc(O)cc2oc(-c3ccc(O[C@H]4O[C@H](C)[C@@H](OC(=O)c5ccccc5)[C@H](OC(=O)c5ccccc5)[C@@H]4OC(=O)c4ccccc4)cc3)cc(=O)c12.